The van der Waals surface area contributed by atoms with Gasteiger partial charge in [-0.2, -0.15) is 0 Å². The van der Waals surface area contributed by atoms with Gasteiger partial charge < -0.3 is 9.47 Å². The third-order valence-corrected chi connectivity index (χ3v) is 1.87. The molecule has 0 atom stereocenters. The third-order valence-electron chi connectivity index (χ3n) is 1.87. The van der Waals surface area contributed by atoms with Crippen molar-refractivity contribution in [2.24, 2.45) is 0 Å². The molecule has 0 amide bonds. The van der Waals surface area contributed by atoms with Crippen LogP contribution in [0.3, 0.4) is 0 Å². The summed E-state index contributed by atoms with van der Waals surface area (Å²) >= 11 is 0. The van der Waals surface area contributed by atoms with Crippen LogP contribution in [0.2, 0.25) is 0 Å². The van der Waals surface area contributed by atoms with Gasteiger partial charge in [-0.25, -0.2) is 0 Å². The minimum atomic E-state index is 0.781. The molecule has 2 heteroatoms. The van der Waals surface area contributed by atoms with Crippen LogP contribution in [-0.2, 0) is 11.2 Å². The monoisotopic (exact) mass is 180 g/mol. The van der Waals surface area contributed by atoms with Crippen LogP contribution in [0.1, 0.15) is 12.5 Å². The molecule has 0 aliphatic heterocycles. The highest BCUT2D eigenvalue weighted by Crippen LogP contribution is 2.12. The zero-order valence-corrected chi connectivity index (χ0v) is 8.25. The van der Waals surface area contributed by atoms with Gasteiger partial charge in [0.25, 0.3) is 0 Å². The lowest BCUT2D eigenvalue weighted by Crippen LogP contribution is -1.97. The van der Waals surface area contributed by atoms with E-state index in [4.69, 9.17) is 9.47 Å². The number of hydrogen-bond acceptors (Lipinski definition) is 2. The molecular weight excluding hydrogens is 164 g/mol. The molecule has 0 aliphatic rings. The molecule has 0 bridgehead atoms. The Hall–Kier alpha value is -1.02. The first kappa shape index (κ1) is 10.1. The van der Waals surface area contributed by atoms with Crippen LogP contribution in [-0.4, -0.2) is 20.3 Å². The average Bonchev–Trinajstić information content (AvgIpc) is 2.19. The predicted octanol–water partition coefficient (Wildman–Crippen LogP) is 2.27. The van der Waals surface area contributed by atoms with Crippen LogP contribution in [0.15, 0.2) is 24.3 Å². The van der Waals surface area contributed by atoms with E-state index < -0.39 is 0 Å². The van der Waals surface area contributed by atoms with Gasteiger partial charge in [-0.15, -0.1) is 0 Å². The molecule has 0 saturated carbocycles. The lowest BCUT2D eigenvalue weighted by molar-refractivity contribution is 0.151. The Morgan fingerprint density at radius 3 is 2.85 bits per heavy atom. The molecule has 0 heterocycles. The first-order valence-corrected chi connectivity index (χ1v) is 4.57. The fourth-order valence-electron chi connectivity index (χ4n) is 1.16. The minimum absolute atomic E-state index is 0.781. The van der Waals surface area contributed by atoms with Crippen molar-refractivity contribution < 1.29 is 9.47 Å². The van der Waals surface area contributed by atoms with Gasteiger partial charge >= 0.3 is 0 Å². The van der Waals surface area contributed by atoms with Crippen molar-refractivity contribution in [2.75, 3.05) is 20.3 Å². The highest BCUT2D eigenvalue weighted by molar-refractivity contribution is 5.28. The highest BCUT2D eigenvalue weighted by atomic mass is 16.5. The van der Waals surface area contributed by atoms with Gasteiger partial charge in [-0.05, 0) is 31.0 Å². The quantitative estimate of drug-likeness (QED) is 0.647. The molecule has 0 aromatic heterocycles. The third kappa shape index (κ3) is 3.47. The van der Waals surface area contributed by atoms with Crippen LogP contribution in [0.4, 0.5) is 0 Å². The molecule has 0 N–H and O–H groups in total. The maximum absolute atomic E-state index is 5.27. The maximum atomic E-state index is 5.27. The van der Waals surface area contributed by atoms with Crippen LogP contribution >= 0.6 is 0 Å². The molecular formula is C11H16O2. The summed E-state index contributed by atoms with van der Waals surface area (Å²) in [6, 6.07) is 8.07. The Labute approximate surface area is 79.5 Å². The highest BCUT2D eigenvalue weighted by Gasteiger charge is 1.95. The van der Waals surface area contributed by atoms with E-state index in [0.717, 1.165) is 25.4 Å². The number of benzene rings is 1. The van der Waals surface area contributed by atoms with Crippen LogP contribution < -0.4 is 4.74 Å². The number of hydrogen-bond donors (Lipinski definition) is 0. The Balaban J connectivity index is 2.46. The summed E-state index contributed by atoms with van der Waals surface area (Å²) in [5.74, 6) is 0.911. The summed E-state index contributed by atoms with van der Waals surface area (Å²) in [6.07, 6.45) is 0.949. The number of ether oxygens (including phenoxy) is 2. The molecule has 2 nitrogen and oxygen atoms in total. The average molecular weight is 180 g/mol. The molecule has 0 fully saturated rings. The van der Waals surface area contributed by atoms with E-state index in [1.165, 1.54) is 5.56 Å². The Kier molecular flexibility index (Phi) is 4.33. The lowest BCUT2D eigenvalue weighted by atomic mass is 10.1. The zero-order chi connectivity index (χ0) is 9.52. The minimum Gasteiger partial charge on any atom is -0.497 e. The number of methoxy groups -OCH3 is 1. The first-order chi connectivity index (χ1) is 6.36. The Bertz CT molecular complexity index is 246. The predicted molar refractivity (Wildman–Crippen MR) is 53.2 cm³/mol. The van der Waals surface area contributed by atoms with Crippen LogP contribution in [0, 0.1) is 0 Å². The standard InChI is InChI=1S/C11H16O2/c1-3-13-8-7-10-5-4-6-11(9-10)12-2/h4-6,9H,3,7-8H2,1-2H3. The second kappa shape index (κ2) is 5.60. The molecule has 0 saturated heterocycles. The van der Waals surface area contributed by atoms with Crippen molar-refractivity contribution in [2.45, 2.75) is 13.3 Å². The summed E-state index contributed by atoms with van der Waals surface area (Å²) in [4.78, 5) is 0. The van der Waals surface area contributed by atoms with Crippen molar-refractivity contribution in [3.05, 3.63) is 29.8 Å². The molecule has 1 aromatic carbocycles. The molecule has 0 unspecified atom stereocenters. The Morgan fingerprint density at radius 2 is 2.15 bits per heavy atom. The van der Waals surface area contributed by atoms with E-state index in [0.29, 0.717) is 0 Å². The molecule has 0 radical (unpaired) electrons. The van der Waals surface area contributed by atoms with Crippen molar-refractivity contribution in [3.8, 4) is 5.75 Å². The van der Waals surface area contributed by atoms with Gasteiger partial charge in [0.1, 0.15) is 5.75 Å². The fourth-order valence-corrected chi connectivity index (χ4v) is 1.16. The normalized spacial score (nSPS) is 10.0. The molecule has 72 valence electrons. The number of rotatable bonds is 5. The SMILES string of the molecule is CCOCCc1cccc(OC)c1. The van der Waals surface area contributed by atoms with E-state index in [1.807, 2.05) is 25.1 Å². The van der Waals surface area contributed by atoms with Crippen molar-refractivity contribution >= 4 is 0 Å². The molecule has 1 rings (SSSR count). The van der Waals surface area contributed by atoms with Crippen LogP contribution in [0.25, 0.3) is 0 Å². The van der Waals surface area contributed by atoms with Gasteiger partial charge in [0, 0.05) is 6.61 Å². The second-order valence-corrected chi connectivity index (χ2v) is 2.80. The first-order valence-electron chi connectivity index (χ1n) is 4.57. The van der Waals surface area contributed by atoms with Gasteiger partial charge in [-0.1, -0.05) is 12.1 Å². The summed E-state index contributed by atoms with van der Waals surface area (Å²) in [7, 11) is 1.68. The molecule has 1 aromatic rings. The van der Waals surface area contributed by atoms with Gasteiger partial charge in [-0.3, -0.25) is 0 Å². The van der Waals surface area contributed by atoms with Gasteiger partial charge in [0.15, 0.2) is 0 Å². The summed E-state index contributed by atoms with van der Waals surface area (Å²) in [5.41, 5.74) is 1.26. The van der Waals surface area contributed by atoms with E-state index in [2.05, 4.69) is 6.07 Å². The fraction of sp³-hybridized carbons (Fsp3) is 0.455. The zero-order valence-electron chi connectivity index (χ0n) is 8.25. The van der Waals surface area contributed by atoms with Gasteiger partial charge in [0.05, 0.1) is 13.7 Å². The molecule has 13 heavy (non-hydrogen) atoms. The lowest BCUT2D eigenvalue weighted by Gasteiger charge is -2.04. The largest absolute Gasteiger partial charge is 0.497 e. The van der Waals surface area contributed by atoms with Crippen molar-refractivity contribution in [3.63, 3.8) is 0 Å². The van der Waals surface area contributed by atoms with Crippen molar-refractivity contribution in [1.82, 2.24) is 0 Å². The summed E-state index contributed by atoms with van der Waals surface area (Å²) in [6.45, 7) is 3.57. The van der Waals surface area contributed by atoms with E-state index in [1.54, 1.807) is 7.11 Å². The topological polar surface area (TPSA) is 18.5 Å². The van der Waals surface area contributed by atoms with Gasteiger partial charge in [0.2, 0.25) is 0 Å². The van der Waals surface area contributed by atoms with Crippen LogP contribution in [0.5, 0.6) is 5.75 Å². The van der Waals surface area contributed by atoms with E-state index in [9.17, 15) is 0 Å². The summed E-state index contributed by atoms with van der Waals surface area (Å²) in [5, 5.41) is 0. The van der Waals surface area contributed by atoms with E-state index >= 15 is 0 Å². The molecule has 0 aliphatic carbocycles. The Morgan fingerprint density at radius 1 is 1.31 bits per heavy atom. The van der Waals surface area contributed by atoms with E-state index in [-0.39, 0.29) is 0 Å². The molecule has 0 spiro atoms. The summed E-state index contributed by atoms with van der Waals surface area (Å²) < 4.78 is 10.4. The second-order valence-electron chi connectivity index (χ2n) is 2.80. The smallest absolute Gasteiger partial charge is 0.119 e. The maximum Gasteiger partial charge on any atom is 0.119 e. The van der Waals surface area contributed by atoms with Crippen molar-refractivity contribution in [1.29, 1.82) is 0 Å².